The summed E-state index contributed by atoms with van der Waals surface area (Å²) in [5.74, 6) is -1.57. The number of carboxylic acids is 1. The molecule has 9 heteroatoms. The number of carbonyl (C=O) groups excluding carboxylic acids is 1. The van der Waals surface area contributed by atoms with Gasteiger partial charge in [-0.1, -0.05) is 12.1 Å². The molecule has 7 nitrogen and oxygen atoms in total. The fraction of sp³-hybridized carbons (Fsp3) is 0.278. The van der Waals surface area contributed by atoms with Gasteiger partial charge < -0.3 is 19.5 Å². The van der Waals surface area contributed by atoms with Crippen LogP contribution in [0.25, 0.3) is 0 Å². The van der Waals surface area contributed by atoms with Crippen molar-refractivity contribution in [3.63, 3.8) is 0 Å². The second-order valence-electron chi connectivity index (χ2n) is 5.80. The number of benzene rings is 1. The predicted octanol–water partition coefficient (Wildman–Crippen LogP) is 2.59. The maximum absolute atomic E-state index is 12.7. The van der Waals surface area contributed by atoms with Gasteiger partial charge in [-0.15, -0.1) is 0 Å². The van der Waals surface area contributed by atoms with Gasteiger partial charge in [0.25, 0.3) is 5.91 Å². The van der Waals surface area contributed by atoms with E-state index in [9.17, 15) is 18.4 Å². The van der Waals surface area contributed by atoms with Crippen molar-refractivity contribution in [2.75, 3.05) is 19.7 Å². The number of nitrogens with zero attached hydrogens (tertiary/aromatic N) is 2. The second kappa shape index (κ2) is 8.09. The number of pyridine rings is 1. The maximum atomic E-state index is 12.7. The number of carboxylic acid groups (broad SMARTS) is 1. The molecule has 27 heavy (non-hydrogen) atoms. The van der Waals surface area contributed by atoms with Crippen LogP contribution in [0.2, 0.25) is 0 Å². The summed E-state index contributed by atoms with van der Waals surface area (Å²) in [6.45, 7) is -2.20. The van der Waals surface area contributed by atoms with E-state index in [1.807, 2.05) is 0 Å². The van der Waals surface area contributed by atoms with Gasteiger partial charge in [0.05, 0.1) is 18.7 Å². The molecule has 1 fully saturated rings. The fourth-order valence-corrected chi connectivity index (χ4v) is 2.77. The molecule has 0 radical (unpaired) electrons. The van der Waals surface area contributed by atoms with Crippen LogP contribution < -0.4 is 4.74 Å². The molecule has 1 N–H and O–H groups in total. The van der Waals surface area contributed by atoms with Gasteiger partial charge in [0.15, 0.2) is 0 Å². The van der Waals surface area contributed by atoms with Crippen molar-refractivity contribution < 1.29 is 33.0 Å². The zero-order valence-corrected chi connectivity index (χ0v) is 14.0. The van der Waals surface area contributed by atoms with Crippen LogP contribution in [0.4, 0.5) is 8.78 Å². The lowest BCUT2D eigenvalue weighted by Gasteiger charge is -2.33. The number of hydrogen-bond acceptors (Lipinski definition) is 5. The quantitative estimate of drug-likeness (QED) is 0.860. The lowest BCUT2D eigenvalue weighted by molar-refractivity contribution is -0.0504. The summed E-state index contributed by atoms with van der Waals surface area (Å²) in [6.07, 6.45) is 0.742. The van der Waals surface area contributed by atoms with E-state index < -0.39 is 24.6 Å². The van der Waals surface area contributed by atoms with E-state index in [0.717, 1.165) is 0 Å². The Balaban J connectivity index is 1.75. The normalized spacial score (nSPS) is 17.0. The smallest absolute Gasteiger partial charge is 0.387 e. The van der Waals surface area contributed by atoms with Crippen molar-refractivity contribution in [2.24, 2.45) is 0 Å². The third-order valence-corrected chi connectivity index (χ3v) is 4.03. The maximum Gasteiger partial charge on any atom is 0.387 e. The van der Waals surface area contributed by atoms with E-state index in [1.165, 1.54) is 35.4 Å². The number of aromatic carboxylic acids is 1. The fourth-order valence-electron chi connectivity index (χ4n) is 2.77. The van der Waals surface area contributed by atoms with Gasteiger partial charge in [0.2, 0.25) is 0 Å². The van der Waals surface area contributed by atoms with Gasteiger partial charge >= 0.3 is 12.6 Å². The highest BCUT2D eigenvalue weighted by atomic mass is 19.3. The first kappa shape index (κ1) is 18.7. The molecule has 2 heterocycles. The Bertz CT molecular complexity index is 846. The zero-order chi connectivity index (χ0) is 19.4. The molecule has 1 unspecified atom stereocenters. The minimum absolute atomic E-state index is 0.00498. The summed E-state index contributed by atoms with van der Waals surface area (Å²) < 4.78 is 34.8. The van der Waals surface area contributed by atoms with Crippen molar-refractivity contribution in [3.05, 3.63) is 59.4 Å². The Morgan fingerprint density at radius 3 is 2.85 bits per heavy atom. The second-order valence-corrected chi connectivity index (χ2v) is 5.80. The zero-order valence-electron chi connectivity index (χ0n) is 14.0. The van der Waals surface area contributed by atoms with Gasteiger partial charge in [-0.2, -0.15) is 8.78 Å². The van der Waals surface area contributed by atoms with E-state index in [2.05, 4.69) is 9.72 Å². The monoisotopic (exact) mass is 378 g/mol. The highest BCUT2D eigenvalue weighted by molar-refractivity contribution is 5.95. The van der Waals surface area contributed by atoms with Crippen LogP contribution in [0.15, 0.2) is 42.6 Å². The van der Waals surface area contributed by atoms with Crippen molar-refractivity contribution in [1.29, 1.82) is 0 Å². The summed E-state index contributed by atoms with van der Waals surface area (Å²) >= 11 is 0. The molecular formula is C18H16F2N2O5. The number of aromatic nitrogens is 1. The molecule has 0 saturated carbocycles. The Morgan fingerprint density at radius 2 is 2.11 bits per heavy atom. The lowest BCUT2D eigenvalue weighted by Crippen LogP contribution is -2.42. The number of ether oxygens (including phenoxy) is 2. The Kier molecular flexibility index (Phi) is 5.60. The molecule has 2 aromatic rings. The summed E-state index contributed by atoms with van der Waals surface area (Å²) in [7, 11) is 0. The molecule has 1 aliphatic heterocycles. The van der Waals surface area contributed by atoms with Crippen LogP contribution in [0.3, 0.4) is 0 Å². The van der Waals surface area contributed by atoms with Gasteiger partial charge in [0.1, 0.15) is 17.5 Å². The van der Waals surface area contributed by atoms with E-state index in [4.69, 9.17) is 9.84 Å². The molecule has 1 aromatic heterocycles. The summed E-state index contributed by atoms with van der Waals surface area (Å²) in [4.78, 5) is 29.1. The molecule has 1 aromatic carbocycles. The molecule has 1 saturated heterocycles. The Hall–Kier alpha value is -3.07. The van der Waals surface area contributed by atoms with Crippen molar-refractivity contribution in [3.8, 4) is 5.75 Å². The highest BCUT2D eigenvalue weighted by Crippen LogP contribution is 2.26. The summed E-state index contributed by atoms with van der Waals surface area (Å²) in [5, 5.41) is 9.04. The molecule has 1 atom stereocenters. The third-order valence-electron chi connectivity index (χ3n) is 4.03. The molecule has 0 bridgehead atoms. The van der Waals surface area contributed by atoms with E-state index in [-0.39, 0.29) is 30.2 Å². The van der Waals surface area contributed by atoms with Gasteiger partial charge in [-0.3, -0.25) is 9.78 Å². The molecule has 142 valence electrons. The number of carbonyl (C=O) groups is 2. The number of rotatable bonds is 5. The van der Waals surface area contributed by atoms with Crippen LogP contribution in [0.1, 0.15) is 32.5 Å². The van der Waals surface area contributed by atoms with Crippen LogP contribution in [-0.4, -0.2) is 53.2 Å². The molecule has 0 spiro atoms. The van der Waals surface area contributed by atoms with E-state index >= 15 is 0 Å². The van der Waals surface area contributed by atoms with Gasteiger partial charge in [-0.05, 0) is 29.8 Å². The van der Waals surface area contributed by atoms with Gasteiger partial charge in [0, 0.05) is 12.7 Å². The van der Waals surface area contributed by atoms with Crippen LogP contribution in [0, 0.1) is 0 Å². The number of halogens is 2. The minimum Gasteiger partial charge on any atom is -0.478 e. The van der Waals surface area contributed by atoms with Crippen molar-refractivity contribution >= 4 is 11.9 Å². The third kappa shape index (κ3) is 4.56. The summed E-state index contributed by atoms with van der Waals surface area (Å²) in [6, 6.07) is 8.62. The number of hydrogen-bond donors (Lipinski definition) is 1. The van der Waals surface area contributed by atoms with E-state index in [0.29, 0.717) is 12.1 Å². The van der Waals surface area contributed by atoms with Crippen LogP contribution in [-0.2, 0) is 4.74 Å². The SMILES string of the molecule is O=C(O)c1ccnc(C(=O)N2CCOC(c3cccc(OC(F)F)c3)C2)c1. The average Bonchev–Trinajstić information content (AvgIpc) is 2.67. The minimum atomic E-state index is -2.93. The predicted molar refractivity (Wildman–Crippen MR) is 88.9 cm³/mol. The molecule has 1 amide bonds. The average molecular weight is 378 g/mol. The summed E-state index contributed by atoms with van der Waals surface area (Å²) in [5.41, 5.74) is 0.582. The first-order valence-electron chi connectivity index (χ1n) is 8.09. The number of alkyl halides is 2. The number of morpholine rings is 1. The first-order chi connectivity index (χ1) is 12.9. The highest BCUT2D eigenvalue weighted by Gasteiger charge is 2.27. The van der Waals surface area contributed by atoms with E-state index in [1.54, 1.807) is 12.1 Å². The number of amides is 1. The molecular weight excluding hydrogens is 362 g/mol. The Labute approximate surface area is 153 Å². The Morgan fingerprint density at radius 1 is 1.30 bits per heavy atom. The van der Waals surface area contributed by atoms with Crippen LogP contribution in [0.5, 0.6) is 5.75 Å². The van der Waals surface area contributed by atoms with Crippen LogP contribution >= 0.6 is 0 Å². The standard InChI is InChI=1S/C18H16F2N2O5/c19-18(20)27-13-3-1-2-11(8-13)15-10-22(6-7-26-15)16(23)14-9-12(17(24)25)4-5-21-14/h1-5,8-9,15,18H,6-7,10H2,(H,24,25). The topological polar surface area (TPSA) is 89.0 Å². The molecule has 1 aliphatic rings. The molecule has 0 aliphatic carbocycles. The van der Waals surface area contributed by atoms with Crippen molar-refractivity contribution in [2.45, 2.75) is 12.7 Å². The van der Waals surface area contributed by atoms with Gasteiger partial charge in [-0.25, -0.2) is 4.79 Å². The molecule has 3 rings (SSSR count). The lowest BCUT2D eigenvalue weighted by atomic mass is 10.1. The first-order valence-corrected chi connectivity index (χ1v) is 8.09. The van der Waals surface area contributed by atoms with Crippen molar-refractivity contribution in [1.82, 2.24) is 9.88 Å². The largest absolute Gasteiger partial charge is 0.478 e.